The van der Waals surface area contributed by atoms with Crippen molar-refractivity contribution < 1.29 is 19.5 Å². The number of hydrogen-bond acceptors (Lipinski definition) is 8. The maximum Gasteiger partial charge on any atom is 0.247 e. The molecule has 5 atom stereocenters. The molecule has 2 fully saturated rings. The average molecular weight is 588 g/mol. The Kier molecular flexibility index (Phi) is 10.3. The topological polar surface area (TPSA) is 162 Å². The van der Waals surface area contributed by atoms with Gasteiger partial charge in [-0.05, 0) is 56.3 Å². The lowest BCUT2D eigenvalue weighted by molar-refractivity contribution is -0.139. The Morgan fingerprint density at radius 1 is 1.07 bits per heavy atom. The van der Waals surface area contributed by atoms with E-state index in [1.807, 2.05) is 60.7 Å². The number of piperidine rings is 1. The molecule has 0 saturated carbocycles. The molecule has 11 nitrogen and oxygen atoms in total. The molecule has 228 valence electrons. The molecule has 5 rings (SSSR count). The molecule has 43 heavy (non-hydrogen) atoms. The van der Waals surface area contributed by atoms with Crippen LogP contribution in [0.4, 0.5) is 5.69 Å². The number of anilines is 1. The van der Waals surface area contributed by atoms with Gasteiger partial charge in [-0.1, -0.05) is 48.5 Å². The molecular formula is C32H41N7O4. The molecule has 11 heteroatoms. The van der Waals surface area contributed by atoms with Crippen molar-refractivity contribution in [1.29, 1.82) is 0 Å². The van der Waals surface area contributed by atoms with E-state index in [2.05, 4.69) is 26.3 Å². The van der Waals surface area contributed by atoms with Crippen molar-refractivity contribution in [2.45, 2.75) is 62.4 Å². The summed E-state index contributed by atoms with van der Waals surface area (Å²) >= 11 is 0. The molecule has 0 spiro atoms. The van der Waals surface area contributed by atoms with Gasteiger partial charge in [-0.2, -0.15) is 0 Å². The highest BCUT2D eigenvalue weighted by molar-refractivity contribution is 5.99. The summed E-state index contributed by atoms with van der Waals surface area (Å²) in [4.78, 5) is 45.4. The molecule has 2 aromatic carbocycles. The van der Waals surface area contributed by atoms with Gasteiger partial charge in [0.25, 0.3) is 0 Å². The first-order valence-electron chi connectivity index (χ1n) is 15.0. The quantitative estimate of drug-likeness (QED) is 0.193. The van der Waals surface area contributed by atoms with Gasteiger partial charge in [0.05, 0.1) is 36.1 Å². The van der Waals surface area contributed by atoms with Crippen LogP contribution in [0.15, 0.2) is 66.9 Å². The molecule has 2 aliphatic rings. The number of carbonyl (C=O) groups is 3. The summed E-state index contributed by atoms with van der Waals surface area (Å²) in [6.07, 6.45) is 3.94. The number of aryl methyl sites for hydroxylation is 1. The van der Waals surface area contributed by atoms with Crippen molar-refractivity contribution in [3.63, 3.8) is 0 Å². The highest BCUT2D eigenvalue weighted by Crippen LogP contribution is 2.24. The Morgan fingerprint density at radius 3 is 2.67 bits per heavy atom. The zero-order valence-electron chi connectivity index (χ0n) is 24.2. The standard InChI is InChI=1S/C32H41N7O4/c33-17-30(41)37-23-12-13-34-28(15-23)32(43)39-20-25(35-19-26(40)11-10-21-6-2-1-3-7-21)16-29(39)31(42)38-24-14-22-8-4-5-9-27(22)36-18-24/h1-9,14,18,23,25-26,28-29,34-35,40H,10-13,15-17,19-20,33H2,(H,37,41)(H,38,42)/t23-,25+,26+,28-,29-/m0/s1. The van der Waals surface area contributed by atoms with Crippen LogP contribution in [0.25, 0.3) is 10.9 Å². The lowest BCUT2D eigenvalue weighted by Crippen LogP contribution is -2.57. The van der Waals surface area contributed by atoms with Crippen LogP contribution in [0.5, 0.6) is 0 Å². The summed E-state index contributed by atoms with van der Waals surface area (Å²) in [6.45, 7) is 1.15. The minimum Gasteiger partial charge on any atom is -0.392 e. The number of carbonyl (C=O) groups excluding carboxylic acids is 3. The summed E-state index contributed by atoms with van der Waals surface area (Å²) in [6, 6.07) is 18.0. The van der Waals surface area contributed by atoms with Crippen LogP contribution in [0.2, 0.25) is 0 Å². The number of likely N-dealkylation sites (tertiary alicyclic amines) is 1. The van der Waals surface area contributed by atoms with Crippen molar-refractivity contribution >= 4 is 34.3 Å². The fourth-order valence-electron chi connectivity index (χ4n) is 5.95. The SMILES string of the molecule is NCC(=O)N[C@H]1CCN[C@H](C(=O)N2C[C@H](NC[C@H](O)CCc3ccccc3)C[C@H]2C(=O)Nc2cnc3ccccc3c2)C1. The zero-order valence-corrected chi connectivity index (χ0v) is 24.2. The van der Waals surface area contributed by atoms with Crippen molar-refractivity contribution in [2.75, 3.05) is 31.5 Å². The maximum atomic E-state index is 13.8. The molecule has 7 N–H and O–H groups in total. The Labute approximate surface area is 251 Å². The Bertz CT molecular complexity index is 1400. The summed E-state index contributed by atoms with van der Waals surface area (Å²) < 4.78 is 0. The van der Waals surface area contributed by atoms with Gasteiger partial charge in [-0.25, -0.2) is 0 Å². The number of nitrogens with zero attached hydrogens (tertiary/aromatic N) is 2. The number of nitrogens with two attached hydrogens (primary N) is 1. The van der Waals surface area contributed by atoms with Gasteiger partial charge >= 0.3 is 0 Å². The number of benzene rings is 2. The van der Waals surface area contributed by atoms with Gasteiger partial charge < -0.3 is 37.0 Å². The average Bonchev–Trinajstić information content (AvgIpc) is 3.47. The largest absolute Gasteiger partial charge is 0.392 e. The van der Waals surface area contributed by atoms with E-state index >= 15 is 0 Å². The monoisotopic (exact) mass is 587 g/mol. The van der Waals surface area contributed by atoms with Crippen LogP contribution in [0.1, 0.15) is 31.2 Å². The number of pyridine rings is 1. The van der Waals surface area contributed by atoms with Crippen LogP contribution in [0.3, 0.4) is 0 Å². The number of hydrogen-bond donors (Lipinski definition) is 6. The molecule has 0 unspecified atom stereocenters. The van der Waals surface area contributed by atoms with Gasteiger partial charge in [-0.15, -0.1) is 0 Å². The molecular weight excluding hydrogens is 546 g/mol. The smallest absolute Gasteiger partial charge is 0.247 e. The first kappa shape index (κ1) is 30.6. The molecule has 1 aromatic heterocycles. The lowest BCUT2D eigenvalue weighted by Gasteiger charge is -2.34. The molecule has 0 radical (unpaired) electrons. The van der Waals surface area contributed by atoms with Gasteiger partial charge in [0.1, 0.15) is 6.04 Å². The fourth-order valence-corrected chi connectivity index (χ4v) is 5.95. The molecule has 3 amide bonds. The predicted molar refractivity (Wildman–Crippen MR) is 165 cm³/mol. The van der Waals surface area contributed by atoms with Crippen LogP contribution >= 0.6 is 0 Å². The van der Waals surface area contributed by atoms with E-state index < -0.39 is 18.2 Å². The summed E-state index contributed by atoms with van der Waals surface area (Å²) in [5.41, 5.74) is 8.02. The van der Waals surface area contributed by atoms with Gasteiger partial charge in [-0.3, -0.25) is 19.4 Å². The number of amides is 3. The van der Waals surface area contributed by atoms with E-state index in [1.54, 1.807) is 11.1 Å². The lowest BCUT2D eigenvalue weighted by atomic mass is 9.98. The number of fused-ring (bicyclic) bond motifs is 1. The summed E-state index contributed by atoms with van der Waals surface area (Å²) in [7, 11) is 0. The van der Waals surface area contributed by atoms with E-state index in [0.717, 1.165) is 17.3 Å². The van der Waals surface area contributed by atoms with Crippen LogP contribution in [-0.4, -0.2) is 89.2 Å². The van der Waals surface area contributed by atoms with Crippen LogP contribution in [0, 0.1) is 0 Å². The first-order valence-corrected chi connectivity index (χ1v) is 15.0. The number of para-hydroxylation sites is 1. The van der Waals surface area contributed by atoms with Gasteiger partial charge in [0, 0.05) is 30.6 Å². The highest BCUT2D eigenvalue weighted by Gasteiger charge is 2.42. The minimum absolute atomic E-state index is 0.106. The highest BCUT2D eigenvalue weighted by atomic mass is 16.3. The number of rotatable bonds is 11. The van der Waals surface area contributed by atoms with Gasteiger partial charge in [0.15, 0.2) is 0 Å². The molecule has 0 bridgehead atoms. The van der Waals surface area contributed by atoms with Crippen LogP contribution < -0.4 is 27.0 Å². The van der Waals surface area contributed by atoms with Crippen molar-refractivity contribution in [1.82, 2.24) is 25.8 Å². The molecule has 2 saturated heterocycles. The third-order valence-corrected chi connectivity index (χ3v) is 8.25. The second-order valence-electron chi connectivity index (χ2n) is 11.4. The summed E-state index contributed by atoms with van der Waals surface area (Å²) in [5.74, 6) is -0.726. The number of aromatic nitrogens is 1. The van der Waals surface area contributed by atoms with Crippen molar-refractivity contribution in [3.05, 3.63) is 72.4 Å². The van der Waals surface area contributed by atoms with Crippen molar-refractivity contribution in [3.8, 4) is 0 Å². The minimum atomic E-state index is -0.709. The zero-order chi connectivity index (χ0) is 30.2. The maximum absolute atomic E-state index is 13.8. The summed E-state index contributed by atoms with van der Waals surface area (Å²) in [5, 5.41) is 24.1. The van der Waals surface area contributed by atoms with E-state index in [9.17, 15) is 19.5 Å². The van der Waals surface area contributed by atoms with E-state index in [1.165, 1.54) is 5.56 Å². The first-order chi connectivity index (χ1) is 20.9. The van der Waals surface area contributed by atoms with E-state index in [0.29, 0.717) is 51.0 Å². The second-order valence-corrected chi connectivity index (χ2v) is 11.4. The Morgan fingerprint density at radius 2 is 1.86 bits per heavy atom. The number of aliphatic hydroxyl groups excluding tert-OH is 1. The Balaban J connectivity index is 1.25. The normalized spacial score (nSPS) is 22.7. The van der Waals surface area contributed by atoms with E-state index in [-0.39, 0.29) is 36.3 Å². The predicted octanol–water partition coefficient (Wildman–Crippen LogP) is 0.922. The third-order valence-electron chi connectivity index (χ3n) is 8.25. The van der Waals surface area contributed by atoms with Crippen LogP contribution in [-0.2, 0) is 20.8 Å². The second kappa shape index (κ2) is 14.5. The fraction of sp³-hybridized carbons (Fsp3) is 0.438. The van der Waals surface area contributed by atoms with Crippen molar-refractivity contribution in [2.24, 2.45) is 5.73 Å². The molecule has 3 heterocycles. The van der Waals surface area contributed by atoms with Gasteiger partial charge in [0.2, 0.25) is 17.7 Å². The molecule has 0 aliphatic carbocycles. The molecule has 3 aromatic rings. The third kappa shape index (κ3) is 8.14. The van der Waals surface area contributed by atoms with E-state index in [4.69, 9.17) is 5.73 Å². The Hall–Kier alpha value is -3.90. The number of nitrogens with one attached hydrogen (secondary N) is 4. The number of aliphatic hydroxyl groups is 1. The molecule has 2 aliphatic heterocycles.